The molecule has 4 aromatic rings. The molecular formula is C18H12N2OS2. The molecule has 112 valence electrons. The van der Waals surface area contributed by atoms with E-state index in [0.29, 0.717) is 4.34 Å². The van der Waals surface area contributed by atoms with E-state index in [1.54, 1.807) is 6.20 Å². The van der Waals surface area contributed by atoms with Crippen molar-refractivity contribution in [3.05, 3.63) is 72.9 Å². The molecule has 0 aliphatic carbocycles. The van der Waals surface area contributed by atoms with Gasteiger partial charge in [0.1, 0.15) is 0 Å². The molecule has 0 amide bonds. The fraction of sp³-hybridized carbons (Fsp3) is 0. The molecule has 1 unspecified atom stereocenters. The van der Waals surface area contributed by atoms with Crippen LogP contribution in [0.15, 0.2) is 82.2 Å². The van der Waals surface area contributed by atoms with Gasteiger partial charge in [-0.1, -0.05) is 41.7 Å². The lowest BCUT2D eigenvalue weighted by atomic mass is 10.1. The molecule has 0 aliphatic heterocycles. The van der Waals surface area contributed by atoms with E-state index in [1.165, 1.54) is 11.3 Å². The molecule has 2 heterocycles. The number of hydrogen-bond acceptors (Lipinski definition) is 4. The summed E-state index contributed by atoms with van der Waals surface area (Å²) in [5.74, 6) is 0. The van der Waals surface area contributed by atoms with Crippen LogP contribution in [0.3, 0.4) is 0 Å². The van der Waals surface area contributed by atoms with Crippen LogP contribution in [0.1, 0.15) is 0 Å². The van der Waals surface area contributed by atoms with E-state index in [1.807, 2.05) is 66.7 Å². The maximum Gasteiger partial charge on any atom is 0.308 e. The molecule has 3 nitrogen and oxygen atoms in total. The van der Waals surface area contributed by atoms with Gasteiger partial charge in [-0.15, -0.1) is 0 Å². The Bertz CT molecular complexity index is 920. The number of hydrogen-bond donors (Lipinski definition) is 0. The number of rotatable bonds is 3. The molecule has 0 radical (unpaired) electrons. The van der Waals surface area contributed by atoms with Gasteiger partial charge >= 0.3 is 4.34 Å². The number of aromatic nitrogens is 2. The Labute approximate surface area is 140 Å². The van der Waals surface area contributed by atoms with Gasteiger partial charge in [0.05, 0.1) is 32.6 Å². The Morgan fingerprint density at radius 2 is 1.65 bits per heavy atom. The van der Waals surface area contributed by atoms with Crippen molar-refractivity contribution < 1.29 is 4.55 Å². The number of thiazole rings is 1. The predicted molar refractivity (Wildman–Crippen MR) is 94.0 cm³/mol. The van der Waals surface area contributed by atoms with Crippen LogP contribution in [0.25, 0.3) is 21.5 Å². The third kappa shape index (κ3) is 2.74. The van der Waals surface area contributed by atoms with Crippen LogP contribution in [0, 0.1) is 0 Å². The second-order valence-electron chi connectivity index (χ2n) is 4.93. The van der Waals surface area contributed by atoms with Crippen LogP contribution < -0.4 is 0 Å². The van der Waals surface area contributed by atoms with Crippen LogP contribution >= 0.6 is 11.3 Å². The standard InChI is InChI=1S/C18H12N2OS2/c21-23(18-20-15-9-2-3-10-16(15)22-18)17-11-4-1-7-13(17)14-8-5-6-12-19-14/h1-12H. The maximum absolute atomic E-state index is 13.0. The molecule has 0 saturated carbocycles. The van der Waals surface area contributed by atoms with Crippen molar-refractivity contribution in [2.75, 3.05) is 0 Å². The number of nitrogens with zero attached hydrogens (tertiary/aromatic N) is 2. The average Bonchev–Trinajstić information content (AvgIpc) is 3.06. The Morgan fingerprint density at radius 3 is 2.48 bits per heavy atom. The van der Waals surface area contributed by atoms with Gasteiger partial charge in [0.2, 0.25) is 0 Å². The first kappa shape index (κ1) is 14.4. The van der Waals surface area contributed by atoms with Crippen LogP contribution in [-0.2, 0) is 11.2 Å². The average molecular weight is 336 g/mol. The first-order chi connectivity index (χ1) is 11.3. The minimum Gasteiger partial charge on any atom is -0.605 e. The topological polar surface area (TPSA) is 48.8 Å². The number of para-hydroxylation sites is 1. The quantitative estimate of drug-likeness (QED) is 0.517. The first-order valence-corrected chi connectivity index (χ1v) is 9.07. The molecule has 5 heteroatoms. The van der Waals surface area contributed by atoms with Gasteiger partial charge < -0.3 is 4.55 Å². The summed E-state index contributed by atoms with van der Waals surface area (Å²) in [6.45, 7) is 0. The summed E-state index contributed by atoms with van der Waals surface area (Å²) in [5, 5.41) is 0. The van der Waals surface area contributed by atoms with E-state index in [-0.39, 0.29) is 0 Å². The van der Waals surface area contributed by atoms with Gasteiger partial charge in [0.25, 0.3) is 0 Å². The summed E-state index contributed by atoms with van der Waals surface area (Å²) in [7, 11) is 0. The van der Waals surface area contributed by atoms with Crippen molar-refractivity contribution in [3.8, 4) is 11.3 Å². The molecule has 0 fully saturated rings. The smallest absolute Gasteiger partial charge is 0.308 e. The van der Waals surface area contributed by atoms with E-state index in [9.17, 15) is 4.55 Å². The zero-order valence-corrected chi connectivity index (χ0v) is 13.7. The van der Waals surface area contributed by atoms with Gasteiger partial charge in [0, 0.05) is 6.20 Å². The van der Waals surface area contributed by atoms with Crippen molar-refractivity contribution in [1.29, 1.82) is 0 Å². The maximum atomic E-state index is 13.0. The summed E-state index contributed by atoms with van der Waals surface area (Å²) < 4.78 is 14.7. The lowest BCUT2D eigenvalue weighted by Gasteiger charge is -2.10. The van der Waals surface area contributed by atoms with E-state index in [4.69, 9.17) is 0 Å². The zero-order chi connectivity index (χ0) is 15.6. The van der Waals surface area contributed by atoms with Crippen LogP contribution in [0.2, 0.25) is 0 Å². The number of fused-ring (bicyclic) bond motifs is 1. The summed E-state index contributed by atoms with van der Waals surface area (Å²) >= 11 is 0.148. The fourth-order valence-electron chi connectivity index (χ4n) is 2.39. The third-order valence-electron chi connectivity index (χ3n) is 3.46. The van der Waals surface area contributed by atoms with Crippen molar-refractivity contribution in [2.45, 2.75) is 9.24 Å². The highest BCUT2D eigenvalue weighted by Crippen LogP contribution is 2.33. The van der Waals surface area contributed by atoms with Gasteiger partial charge in [-0.05, 0) is 36.4 Å². The Hall–Kier alpha value is -2.21. The van der Waals surface area contributed by atoms with Crippen molar-refractivity contribution in [3.63, 3.8) is 0 Å². The molecule has 4 rings (SSSR count). The molecule has 0 bridgehead atoms. The molecule has 0 N–H and O–H groups in total. The lowest BCUT2D eigenvalue weighted by Crippen LogP contribution is -2.04. The molecule has 2 aromatic heterocycles. The Kier molecular flexibility index (Phi) is 3.83. The third-order valence-corrected chi connectivity index (χ3v) is 6.16. The van der Waals surface area contributed by atoms with Crippen molar-refractivity contribution >= 4 is 32.7 Å². The van der Waals surface area contributed by atoms with Gasteiger partial charge in [-0.3, -0.25) is 4.98 Å². The largest absolute Gasteiger partial charge is 0.605 e. The Balaban J connectivity index is 1.81. The van der Waals surface area contributed by atoms with E-state index in [2.05, 4.69) is 9.97 Å². The van der Waals surface area contributed by atoms with Crippen LogP contribution in [0.4, 0.5) is 0 Å². The van der Waals surface area contributed by atoms with Crippen LogP contribution in [-0.4, -0.2) is 14.5 Å². The zero-order valence-electron chi connectivity index (χ0n) is 12.0. The van der Waals surface area contributed by atoms with Gasteiger partial charge in [-0.2, -0.15) is 4.98 Å². The summed E-state index contributed by atoms with van der Waals surface area (Å²) in [6, 6.07) is 21.2. The lowest BCUT2D eigenvalue weighted by molar-refractivity contribution is 0.595. The highest BCUT2D eigenvalue weighted by Gasteiger charge is 2.24. The summed E-state index contributed by atoms with van der Waals surface area (Å²) in [5.41, 5.74) is 2.58. The predicted octanol–water partition coefficient (Wildman–Crippen LogP) is 4.53. The van der Waals surface area contributed by atoms with Crippen molar-refractivity contribution in [2.24, 2.45) is 0 Å². The minimum absolute atomic E-state index is 0.620. The Morgan fingerprint density at radius 1 is 0.870 bits per heavy atom. The highest BCUT2D eigenvalue weighted by molar-refractivity contribution is 7.93. The summed E-state index contributed by atoms with van der Waals surface area (Å²) in [4.78, 5) is 9.64. The molecule has 1 atom stereocenters. The van der Waals surface area contributed by atoms with E-state index >= 15 is 0 Å². The monoisotopic (exact) mass is 336 g/mol. The molecular weight excluding hydrogens is 324 g/mol. The van der Waals surface area contributed by atoms with Crippen molar-refractivity contribution in [1.82, 2.24) is 9.97 Å². The molecule has 23 heavy (non-hydrogen) atoms. The molecule has 0 spiro atoms. The molecule has 0 saturated heterocycles. The van der Waals surface area contributed by atoms with E-state index < -0.39 is 11.2 Å². The second kappa shape index (κ2) is 6.12. The fourth-order valence-corrected chi connectivity index (χ4v) is 4.87. The minimum atomic E-state index is -1.32. The number of pyridine rings is 1. The molecule has 2 aromatic carbocycles. The van der Waals surface area contributed by atoms with Gasteiger partial charge in [0.15, 0.2) is 4.90 Å². The number of benzene rings is 2. The van der Waals surface area contributed by atoms with Gasteiger partial charge in [-0.25, -0.2) is 0 Å². The first-order valence-electron chi connectivity index (χ1n) is 7.11. The normalized spacial score (nSPS) is 12.4. The molecule has 0 aliphatic rings. The second-order valence-corrected chi connectivity index (χ2v) is 7.58. The summed E-state index contributed by atoms with van der Waals surface area (Å²) in [6.07, 6.45) is 1.74. The highest BCUT2D eigenvalue weighted by atomic mass is 32.2. The van der Waals surface area contributed by atoms with Crippen LogP contribution in [0.5, 0.6) is 0 Å². The SMILES string of the molecule is [O-][S+](c1nc2ccccc2s1)c1ccccc1-c1ccccn1. The van der Waals surface area contributed by atoms with E-state index in [0.717, 1.165) is 26.4 Å².